The van der Waals surface area contributed by atoms with E-state index < -0.39 is 29.5 Å². The average Bonchev–Trinajstić information content (AvgIpc) is 2.19. The molecule has 0 aliphatic rings. The van der Waals surface area contributed by atoms with Gasteiger partial charge in [-0.1, -0.05) is 11.6 Å². The van der Waals surface area contributed by atoms with Crippen molar-refractivity contribution in [2.75, 3.05) is 0 Å². The number of rotatable bonds is 2. The highest BCUT2D eigenvalue weighted by Gasteiger charge is 2.62. The van der Waals surface area contributed by atoms with Crippen molar-refractivity contribution in [3.63, 3.8) is 0 Å². The summed E-state index contributed by atoms with van der Waals surface area (Å²) in [4.78, 5) is 0. The minimum atomic E-state index is -5.86. The SMILES string of the molecule is N[C@@H](c1cc(Cl)ccc1F)C(F)(F)C(F)(F)F. The number of hydrogen-bond donors (Lipinski definition) is 1. The molecule has 0 saturated heterocycles. The van der Waals surface area contributed by atoms with Crippen molar-refractivity contribution in [3.8, 4) is 0 Å². The summed E-state index contributed by atoms with van der Waals surface area (Å²) in [5.41, 5.74) is 3.77. The Labute approximate surface area is 97.2 Å². The van der Waals surface area contributed by atoms with Crippen molar-refractivity contribution in [1.29, 1.82) is 0 Å². The summed E-state index contributed by atoms with van der Waals surface area (Å²) in [5.74, 6) is -6.51. The summed E-state index contributed by atoms with van der Waals surface area (Å²) in [5, 5.41) is -0.185. The monoisotopic (exact) mass is 277 g/mol. The molecule has 96 valence electrons. The molecule has 2 N–H and O–H groups in total. The fourth-order valence-corrected chi connectivity index (χ4v) is 1.31. The Bertz CT molecular complexity index is 416. The third-order valence-corrected chi connectivity index (χ3v) is 2.30. The van der Waals surface area contributed by atoms with Crippen LogP contribution in [-0.4, -0.2) is 12.1 Å². The van der Waals surface area contributed by atoms with E-state index in [-0.39, 0.29) is 5.02 Å². The van der Waals surface area contributed by atoms with Gasteiger partial charge in [-0.2, -0.15) is 22.0 Å². The fourth-order valence-electron chi connectivity index (χ4n) is 1.12. The Kier molecular flexibility index (Phi) is 3.63. The van der Waals surface area contributed by atoms with Crippen LogP contribution in [0.15, 0.2) is 18.2 Å². The van der Waals surface area contributed by atoms with Crippen LogP contribution in [0, 0.1) is 5.82 Å². The minimum absolute atomic E-state index is 0.185. The van der Waals surface area contributed by atoms with E-state index in [4.69, 9.17) is 17.3 Å². The molecule has 1 rings (SSSR count). The molecule has 0 bridgehead atoms. The standard InChI is InChI=1S/C9H6ClF6N/c10-4-1-2-6(11)5(3-4)7(17)8(12,13)9(14,15)16/h1-3,7H,17H2/t7-/m0/s1. The molecule has 1 atom stereocenters. The predicted molar refractivity (Wildman–Crippen MR) is 49.3 cm³/mol. The van der Waals surface area contributed by atoms with Gasteiger partial charge in [0.05, 0.1) is 0 Å². The quantitative estimate of drug-likeness (QED) is 0.820. The van der Waals surface area contributed by atoms with Gasteiger partial charge in [-0.15, -0.1) is 0 Å². The zero-order valence-electron chi connectivity index (χ0n) is 8.03. The molecule has 1 aromatic rings. The Morgan fingerprint density at radius 1 is 1.12 bits per heavy atom. The maximum atomic E-state index is 13.1. The number of nitrogens with two attached hydrogens (primary N) is 1. The van der Waals surface area contributed by atoms with Gasteiger partial charge in [-0.05, 0) is 18.2 Å². The van der Waals surface area contributed by atoms with Crippen LogP contribution in [0.5, 0.6) is 0 Å². The van der Waals surface area contributed by atoms with Gasteiger partial charge >= 0.3 is 12.1 Å². The van der Waals surface area contributed by atoms with Gasteiger partial charge in [0.1, 0.15) is 11.9 Å². The maximum absolute atomic E-state index is 13.1. The zero-order valence-corrected chi connectivity index (χ0v) is 8.79. The van der Waals surface area contributed by atoms with Gasteiger partial charge in [0.15, 0.2) is 0 Å². The lowest BCUT2D eigenvalue weighted by atomic mass is 10.0. The molecule has 0 heterocycles. The number of hydrogen-bond acceptors (Lipinski definition) is 1. The van der Waals surface area contributed by atoms with Crippen LogP contribution < -0.4 is 5.73 Å². The molecule has 0 saturated carbocycles. The molecule has 0 unspecified atom stereocenters. The van der Waals surface area contributed by atoms with E-state index in [9.17, 15) is 26.3 Å². The normalized spacial score (nSPS) is 14.8. The first-order valence-electron chi connectivity index (χ1n) is 4.22. The van der Waals surface area contributed by atoms with Crippen LogP contribution in [0.4, 0.5) is 26.3 Å². The third kappa shape index (κ3) is 2.66. The smallest absolute Gasteiger partial charge is 0.319 e. The molecule has 0 aromatic heterocycles. The zero-order chi connectivity index (χ0) is 13.4. The molecule has 0 radical (unpaired) electrons. The van der Waals surface area contributed by atoms with Crippen LogP contribution in [-0.2, 0) is 0 Å². The molecule has 0 spiro atoms. The van der Waals surface area contributed by atoms with E-state index in [0.717, 1.165) is 6.07 Å². The molecular weight excluding hydrogens is 272 g/mol. The highest BCUT2D eigenvalue weighted by atomic mass is 35.5. The first-order valence-corrected chi connectivity index (χ1v) is 4.60. The van der Waals surface area contributed by atoms with E-state index in [1.807, 2.05) is 0 Å². The Balaban J connectivity index is 3.21. The summed E-state index contributed by atoms with van der Waals surface area (Å²) in [7, 11) is 0. The molecule has 17 heavy (non-hydrogen) atoms. The van der Waals surface area contributed by atoms with Crippen molar-refractivity contribution >= 4 is 11.6 Å². The topological polar surface area (TPSA) is 26.0 Å². The first kappa shape index (κ1) is 14.1. The van der Waals surface area contributed by atoms with Crippen molar-refractivity contribution in [1.82, 2.24) is 0 Å². The second-order valence-electron chi connectivity index (χ2n) is 3.26. The van der Waals surface area contributed by atoms with Crippen molar-refractivity contribution in [2.24, 2.45) is 5.73 Å². The molecule has 0 aliphatic carbocycles. The van der Waals surface area contributed by atoms with Gasteiger partial charge in [0, 0.05) is 10.6 Å². The minimum Gasteiger partial charge on any atom is -0.319 e. The summed E-state index contributed by atoms with van der Waals surface area (Å²) < 4.78 is 74.9. The number of halogens is 7. The van der Waals surface area contributed by atoms with Crippen LogP contribution in [0.1, 0.15) is 11.6 Å². The highest BCUT2D eigenvalue weighted by molar-refractivity contribution is 6.30. The maximum Gasteiger partial charge on any atom is 0.455 e. The molecular formula is C9H6ClF6N. The number of alkyl halides is 5. The second-order valence-corrected chi connectivity index (χ2v) is 3.70. The van der Waals surface area contributed by atoms with E-state index >= 15 is 0 Å². The Morgan fingerprint density at radius 2 is 1.65 bits per heavy atom. The molecule has 0 amide bonds. The molecule has 1 aromatic carbocycles. The molecule has 0 fully saturated rings. The Hall–Kier alpha value is -0.950. The summed E-state index contributed by atoms with van der Waals surface area (Å²) in [6.45, 7) is 0. The molecule has 1 nitrogen and oxygen atoms in total. The third-order valence-electron chi connectivity index (χ3n) is 2.06. The van der Waals surface area contributed by atoms with Crippen molar-refractivity contribution < 1.29 is 26.3 Å². The van der Waals surface area contributed by atoms with Gasteiger partial charge in [-0.3, -0.25) is 0 Å². The second kappa shape index (κ2) is 4.38. The molecule has 8 heteroatoms. The van der Waals surface area contributed by atoms with Crippen molar-refractivity contribution in [2.45, 2.75) is 18.1 Å². The van der Waals surface area contributed by atoms with Crippen LogP contribution in [0.3, 0.4) is 0 Å². The number of benzene rings is 1. The largest absolute Gasteiger partial charge is 0.455 e. The fraction of sp³-hybridized carbons (Fsp3) is 0.333. The van der Waals surface area contributed by atoms with Crippen LogP contribution in [0.25, 0.3) is 0 Å². The lowest BCUT2D eigenvalue weighted by Gasteiger charge is -2.26. The Morgan fingerprint density at radius 3 is 2.12 bits per heavy atom. The van der Waals surface area contributed by atoms with E-state index in [0.29, 0.717) is 12.1 Å². The summed E-state index contributed by atoms with van der Waals surface area (Å²) in [6.07, 6.45) is -5.86. The van der Waals surface area contributed by atoms with Gasteiger partial charge in [-0.25, -0.2) is 4.39 Å². The van der Waals surface area contributed by atoms with Crippen LogP contribution >= 0.6 is 11.6 Å². The summed E-state index contributed by atoms with van der Waals surface area (Å²) >= 11 is 5.38. The lowest BCUT2D eigenvalue weighted by Crippen LogP contribution is -2.46. The average molecular weight is 278 g/mol. The summed E-state index contributed by atoms with van der Waals surface area (Å²) in [6, 6.07) is -0.523. The first-order chi connectivity index (χ1) is 7.57. The van der Waals surface area contributed by atoms with E-state index in [2.05, 4.69) is 0 Å². The highest BCUT2D eigenvalue weighted by Crippen LogP contribution is 2.44. The predicted octanol–water partition coefficient (Wildman–Crippen LogP) is 3.68. The van der Waals surface area contributed by atoms with Gasteiger partial charge in [0.25, 0.3) is 0 Å². The van der Waals surface area contributed by atoms with Crippen LogP contribution in [0.2, 0.25) is 5.02 Å². The van der Waals surface area contributed by atoms with Gasteiger partial charge < -0.3 is 5.73 Å². The lowest BCUT2D eigenvalue weighted by molar-refractivity contribution is -0.291. The molecule has 0 aliphatic heterocycles. The van der Waals surface area contributed by atoms with Crippen molar-refractivity contribution in [3.05, 3.63) is 34.6 Å². The van der Waals surface area contributed by atoms with Gasteiger partial charge in [0.2, 0.25) is 0 Å². The van der Waals surface area contributed by atoms with E-state index in [1.165, 1.54) is 0 Å². The van der Waals surface area contributed by atoms with E-state index in [1.54, 1.807) is 0 Å².